The van der Waals surface area contributed by atoms with Crippen LogP contribution in [0.4, 0.5) is 13.2 Å². The van der Waals surface area contributed by atoms with Gasteiger partial charge in [-0.15, -0.1) is 0 Å². The Bertz CT molecular complexity index is 1010. The number of halogens is 5. The van der Waals surface area contributed by atoms with Gasteiger partial charge in [-0.25, -0.2) is 0 Å². The van der Waals surface area contributed by atoms with Crippen LogP contribution in [0.5, 0.6) is 0 Å². The number of rotatable bonds is 6. The summed E-state index contributed by atoms with van der Waals surface area (Å²) >= 11 is 11.8. The largest absolute Gasteiger partial charge is 0.435 e. The van der Waals surface area contributed by atoms with Gasteiger partial charge in [-0.2, -0.15) is 13.2 Å². The summed E-state index contributed by atoms with van der Waals surface area (Å²) in [5, 5.41) is 6.55. The fraction of sp³-hybridized carbons (Fsp3) is 0.333. The van der Waals surface area contributed by atoms with E-state index in [1.54, 1.807) is 19.1 Å². The highest BCUT2D eigenvalue weighted by Gasteiger charge is 2.62. The molecule has 1 N–H and O–H groups in total. The summed E-state index contributed by atoms with van der Waals surface area (Å²) in [6.45, 7) is 2.40. The number of hydrogen-bond acceptors (Lipinski definition) is 4. The third kappa shape index (κ3) is 4.81. The summed E-state index contributed by atoms with van der Waals surface area (Å²) in [5.41, 5.74) is -1.43. The molecule has 2 aromatic rings. The van der Waals surface area contributed by atoms with Crippen molar-refractivity contribution in [3.63, 3.8) is 0 Å². The van der Waals surface area contributed by atoms with Gasteiger partial charge in [-0.3, -0.25) is 4.79 Å². The Morgan fingerprint density at radius 1 is 1.23 bits per heavy atom. The van der Waals surface area contributed by atoms with Crippen LogP contribution in [0.1, 0.15) is 33.5 Å². The molecule has 166 valence electrons. The number of carbonyl (C=O) groups excluding carboxylic acids is 1. The van der Waals surface area contributed by atoms with E-state index < -0.39 is 18.2 Å². The Hall–Kier alpha value is -2.29. The molecule has 2 aromatic carbocycles. The molecule has 1 unspecified atom stereocenters. The monoisotopic (exact) mass is 474 g/mol. The van der Waals surface area contributed by atoms with Crippen molar-refractivity contribution in [3.8, 4) is 0 Å². The fourth-order valence-electron chi connectivity index (χ4n) is 3.31. The van der Waals surface area contributed by atoms with Gasteiger partial charge in [0.1, 0.15) is 0 Å². The second kappa shape index (κ2) is 9.06. The molecule has 1 aliphatic heterocycles. The standard InChI is InChI=1S/C21H19Cl2F3N2O3/c1-12-7-13(3-4-17(12)19(29)27-5-6-30-2)18-11-20(31-28-18,21(24,25)26)14-8-15(22)10-16(23)9-14/h3-4,7-10H,5-6,11H2,1-2H3,(H,27,29). The first-order valence-electron chi connectivity index (χ1n) is 9.24. The number of benzene rings is 2. The van der Waals surface area contributed by atoms with Crippen molar-refractivity contribution in [2.24, 2.45) is 5.16 Å². The lowest BCUT2D eigenvalue weighted by Crippen LogP contribution is -2.42. The summed E-state index contributed by atoms with van der Waals surface area (Å²) in [5.74, 6) is -0.302. The molecule has 0 bridgehead atoms. The summed E-state index contributed by atoms with van der Waals surface area (Å²) in [7, 11) is 1.52. The number of oxime groups is 1. The van der Waals surface area contributed by atoms with Gasteiger partial charge in [0.2, 0.25) is 0 Å². The second-order valence-electron chi connectivity index (χ2n) is 7.07. The maximum absolute atomic E-state index is 14.1. The molecule has 0 aromatic heterocycles. The average Bonchev–Trinajstić information content (AvgIpc) is 3.14. The first-order valence-corrected chi connectivity index (χ1v) is 9.99. The molecule has 0 radical (unpaired) electrons. The lowest BCUT2D eigenvalue weighted by molar-refractivity contribution is -0.275. The maximum atomic E-state index is 14.1. The van der Waals surface area contributed by atoms with E-state index in [1.165, 1.54) is 19.2 Å². The van der Waals surface area contributed by atoms with E-state index in [-0.39, 0.29) is 27.2 Å². The zero-order valence-corrected chi connectivity index (χ0v) is 18.2. The predicted octanol–water partition coefficient (Wildman–Crippen LogP) is 5.26. The molecule has 5 nitrogen and oxygen atoms in total. The fourth-order valence-corrected chi connectivity index (χ4v) is 3.83. The number of alkyl halides is 3. The van der Waals surface area contributed by atoms with Crippen LogP contribution >= 0.6 is 23.2 Å². The zero-order chi connectivity index (χ0) is 22.8. The number of nitrogens with one attached hydrogen (secondary N) is 1. The molecule has 0 spiro atoms. The van der Waals surface area contributed by atoms with Crippen LogP contribution in [0.3, 0.4) is 0 Å². The molecule has 0 fully saturated rings. The molecule has 1 amide bonds. The molecular formula is C21H19Cl2F3N2O3. The number of aryl methyl sites for hydroxylation is 1. The predicted molar refractivity (Wildman–Crippen MR) is 112 cm³/mol. The van der Waals surface area contributed by atoms with E-state index in [4.69, 9.17) is 32.8 Å². The Kier molecular flexibility index (Phi) is 6.83. The van der Waals surface area contributed by atoms with Crippen LogP contribution < -0.4 is 5.32 Å². The van der Waals surface area contributed by atoms with Crippen molar-refractivity contribution in [2.45, 2.75) is 25.1 Å². The normalized spacial score (nSPS) is 18.5. The topological polar surface area (TPSA) is 59.9 Å². The highest BCUT2D eigenvalue weighted by atomic mass is 35.5. The Labute approximate surface area is 187 Å². The number of nitrogens with zero attached hydrogens (tertiary/aromatic N) is 1. The van der Waals surface area contributed by atoms with Gasteiger partial charge in [0.25, 0.3) is 11.5 Å². The number of methoxy groups -OCH3 is 1. The van der Waals surface area contributed by atoms with Crippen LogP contribution in [0.2, 0.25) is 10.0 Å². The molecule has 3 rings (SSSR count). The quantitative estimate of drug-likeness (QED) is 0.580. The molecule has 31 heavy (non-hydrogen) atoms. The van der Waals surface area contributed by atoms with Crippen LogP contribution in [0.25, 0.3) is 0 Å². The third-order valence-electron chi connectivity index (χ3n) is 4.91. The smallest absolute Gasteiger partial charge is 0.383 e. The molecule has 0 saturated carbocycles. The van der Waals surface area contributed by atoms with Crippen LogP contribution in [0.15, 0.2) is 41.6 Å². The lowest BCUT2D eigenvalue weighted by Gasteiger charge is -2.29. The SMILES string of the molecule is COCCNC(=O)c1ccc(C2=NOC(c3cc(Cl)cc(Cl)c3)(C(F)(F)F)C2)cc1C. The first-order chi connectivity index (χ1) is 14.6. The van der Waals surface area contributed by atoms with E-state index in [1.807, 2.05) is 0 Å². The van der Waals surface area contributed by atoms with E-state index >= 15 is 0 Å². The van der Waals surface area contributed by atoms with Gasteiger partial charge in [-0.1, -0.05) is 34.4 Å². The first kappa shape index (κ1) is 23.4. The summed E-state index contributed by atoms with van der Waals surface area (Å²) in [6.07, 6.45) is -5.34. The Morgan fingerprint density at radius 2 is 1.90 bits per heavy atom. The minimum absolute atomic E-state index is 0.0582. The molecule has 1 atom stereocenters. The zero-order valence-electron chi connectivity index (χ0n) is 16.6. The maximum Gasteiger partial charge on any atom is 0.435 e. The average molecular weight is 475 g/mol. The van der Waals surface area contributed by atoms with Gasteiger partial charge in [0, 0.05) is 41.2 Å². The van der Waals surface area contributed by atoms with Gasteiger partial charge in [-0.05, 0) is 48.4 Å². The van der Waals surface area contributed by atoms with Crippen molar-refractivity contribution < 1.29 is 27.5 Å². The molecular weight excluding hydrogens is 456 g/mol. The highest BCUT2D eigenvalue weighted by molar-refractivity contribution is 6.34. The van der Waals surface area contributed by atoms with Crippen LogP contribution in [-0.2, 0) is 15.2 Å². The number of ether oxygens (including phenoxy) is 1. The van der Waals surface area contributed by atoms with Gasteiger partial charge in [0.15, 0.2) is 0 Å². The summed E-state index contributed by atoms with van der Waals surface area (Å²) in [4.78, 5) is 17.3. The van der Waals surface area contributed by atoms with Crippen molar-refractivity contribution in [1.82, 2.24) is 5.32 Å². The summed E-state index contributed by atoms with van der Waals surface area (Å²) in [6, 6.07) is 8.35. The number of amides is 1. The van der Waals surface area contributed by atoms with Crippen molar-refractivity contribution >= 4 is 34.8 Å². The Morgan fingerprint density at radius 3 is 2.48 bits per heavy atom. The molecule has 10 heteroatoms. The van der Waals surface area contributed by atoms with E-state index in [2.05, 4.69) is 10.5 Å². The molecule has 1 aliphatic rings. The third-order valence-corrected chi connectivity index (χ3v) is 5.35. The van der Waals surface area contributed by atoms with Crippen molar-refractivity contribution in [1.29, 1.82) is 0 Å². The number of carbonyl (C=O) groups is 1. The Balaban J connectivity index is 1.88. The van der Waals surface area contributed by atoms with E-state index in [0.717, 1.165) is 12.1 Å². The molecule has 0 saturated heterocycles. The van der Waals surface area contributed by atoms with Gasteiger partial charge >= 0.3 is 6.18 Å². The number of hydrogen-bond donors (Lipinski definition) is 1. The van der Waals surface area contributed by atoms with Gasteiger partial charge < -0.3 is 14.9 Å². The van der Waals surface area contributed by atoms with E-state index in [9.17, 15) is 18.0 Å². The van der Waals surface area contributed by atoms with Crippen LogP contribution in [-0.4, -0.2) is 38.1 Å². The molecule has 0 aliphatic carbocycles. The summed E-state index contributed by atoms with van der Waals surface area (Å²) < 4.78 is 47.2. The minimum atomic E-state index is -4.78. The second-order valence-corrected chi connectivity index (χ2v) is 7.94. The van der Waals surface area contributed by atoms with Crippen molar-refractivity contribution in [3.05, 3.63) is 68.7 Å². The lowest BCUT2D eigenvalue weighted by atomic mass is 9.86. The van der Waals surface area contributed by atoms with Crippen molar-refractivity contribution in [2.75, 3.05) is 20.3 Å². The minimum Gasteiger partial charge on any atom is -0.383 e. The van der Waals surface area contributed by atoms with Crippen LogP contribution in [0, 0.1) is 6.92 Å². The molecule has 1 heterocycles. The van der Waals surface area contributed by atoms with E-state index in [0.29, 0.717) is 29.8 Å². The highest BCUT2D eigenvalue weighted by Crippen LogP contribution is 2.49. The van der Waals surface area contributed by atoms with Gasteiger partial charge in [0.05, 0.1) is 12.3 Å².